The van der Waals surface area contributed by atoms with Gasteiger partial charge in [0.25, 0.3) is 0 Å². The minimum atomic E-state index is -0.376. The molecule has 5 heteroatoms. The van der Waals surface area contributed by atoms with Crippen LogP contribution in [0, 0.1) is 23.2 Å². The van der Waals surface area contributed by atoms with Crippen LogP contribution in [0.1, 0.15) is 53.4 Å². The zero-order valence-corrected chi connectivity index (χ0v) is 15.3. The monoisotopic (exact) mass is 337 g/mol. The number of ether oxygens (including phenoxy) is 1. The maximum atomic E-state index is 12.7. The number of carbonyl (C=O) groups excluding carboxylic acids is 2. The van der Waals surface area contributed by atoms with Crippen molar-refractivity contribution in [3.8, 4) is 0 Å². The number of nitrogens with zero attached hydrogens (tertiary/aromatic N) is 1. The quantitative estimate of drug-likeness (QED) is 0.727. The molecule has 0 unspecified atom stereocenters. The lowest BCUT2D eigenvalue weighted by molar-refractivity contribution is -0.190. The summed E-state index contributed by atoms with van der Waals surface area (Å²) in [5.74, 6) is 2.38. The van der Waals surface area contributed by atoms with Crippen molar-refractivity contribution >= 4 is 23.6 Å². The van der Waals surface area contributed by atoms with Crippen molar-refractivity contribution < 1.29 is 14.3 Å². The summed E-state index contributed by atoms with van der Waals surface area (Å²) in [7, 11) is 0. The lowest BCUT2D eigenvalue weighted by atomic mass is 9.45. The Labute approximate surface area is 142 Å². The topological polar surface area (TPSA) is 46.6 Å². The van der Waals surface area contributed by atoms with Crippen LogP contribution < -0.4 is 0 Å². The normalized spacial score (nSPS) is 47.2. The van der Waals surface area contributed by atoms with Gasteiger partial charge in [0.2, 0.25) is 5.91 Å². The van der Waals surface area contributed by atoms with Crippen LogP contribution in [0.2, 0.25) is 0 Å². The fourth-order valence-corrected chi connectivity index (χ4v) is 6.90. The first-order valence-electron chi connectivity index (χ1n) is 8.90. The molecule has 5 aliphatic rings. The average Bonchev–Trinajstić information content (AvgIpc) is 2.97. The van der Waals surface area contributed by atoms with E-state index in [0.29, 0.717) is 35.3 Å². The second-order valence-corrected chi connectivity index (χ2v) is 10.2. The Hall–Kier alpha value is -0.710. The minimum absolute atomic E-state index is 0.0360. The summed E-state index contributed by atoms with van der Waals surface area (Å²) in [4.78, 5) is 26.5. The third-order valence-electron chi connectivity index (χ3n) is 7.27. The van der Waals surface area contributed by atoms with E-state index in [1.165, 1.54) is 6.42 Å². The van der Waals surface area contributed by atoms with Crippen molar-refractivity contribution in [2.45, 2.75) is 70.4 Å². The fourth-order valence-electron chi connectivity index (χ4n) is 5.48. The zero-order valence-electron chi connectivity index (χ0n) is 14.5. The predicted molar refractivity (Wildman–Crippen MR) is 89.8 cm³/mol. The Morgan fingerprint density at radius 1 is 1.30 bits per heavy atom. The average molecular weight is 337 g/mol. The van der Waals surface area contributed by atoms with Gasteiger partial charge in [-0.3, -0.25) is 4.79 Å². The van der Waals surface area contributed by atoms with Gasteiger partial charge in [-0.1, -0.05) is 20.8 Å². The van der Waals surface area contributed by atoms with E-state index in [2.05, 4.69) is 27.7 Å². The lowest BCUT2D eigenvalue weighted by Gasteiger charge is -2.61. The van der Waals surface area contributed by atoms with Gasteiger partial charge in [-0.25, -0.2) is 4.79 Å². The molecule has 3 saturated carbocycles. The van der Waals surface area contributed by atoms with Gasteiger partial charge in [-0.15, -0.1) is 11.8 Å². The number of fused-ring (bicyclic) bond motifs is 3. The summed E-state index contributed by atoms with van der Waals surface area (Å²) < 4.78 is 5.94. The molecular formula is C18H27NO3S. The molecule has 6 atom stereocenters. The van der Waals surface area contributed by atoms with E-state index in [-0.39, 0.29) is 28.9 Å². The van der Waals surface area contributed by atoms with Crippen LogP contribution >= 0.6 is 11.8 Å². The standard InChI is InChI=1S/C18H27NO3S/c1-10-12-7-11(17(12,2)3)8-14(10)22-16(21)13-9-23-18(4)6-5-15(20)19(13)18/h10-14H,5-9H2,1-4H3/t10-,11+,12-,13+,14+,18+/m1/s1. The summed E-state index contributed by atoms with van der Waals surface area (Å²) in [5.41, 5.74) is 0.398. The molecule has 0 radical (unpaired) electrons. The van der Waals surface area contributed by atoms with Crippen LogP contribution in [0.3, 0.4) is 0 Å². The van der Waals surface area contributed by atoms with Crippen molar-refractivity contribution in [2.75, 3.05) is 5.75 Å². The molecule has 1 amide bonds. The first-order valence-corrected chi connectivity index (χ1v) is 9.89. The molecule has 0 spiro atoms. The van der Waals surface area contributed by atoms with E-state index in [9.17, 15) is 9.59 Å². The summed E-state index contributed by atoms with van der Waals surface area (Å²) in [6.07, 6.45) is 3.71. The van der Waals surface area contributed by atoms with Gasteiger partial charge in [0.1, 0.15) is 12.1 Å². The Bertz CT molecular complexity index is 562. The number of hydrogen-bond acceptors (Lipinski definition) is 4. The highest BCUT2D eigenvalue weighted by Gasteiger charge is 2.58. The molecule has 0 aromatic heterocycles. The van der Waals surface area contributed by atoms with Gasteiger partial charge in [-0.05, 0) is 49.4 Å². The van der Waals surface area contributed by atoms with Gasteiger partial charge in [0, 0.05) is 12.2 Å². The number of amides is 1. The first kappa shape index (κ1) is 15.8. The number of thioether (sulfide) groups is 1. The number of esters is 1. The second-order valence-electron chi connectivity index (χ2n) is 8.70. The molecular weight excluding hydrogens is 310 g/mol. The zero-order chi connectivity index (χ0) is 16.6. The molecule has 23 heavy (non-hydrogen) atoms. The van der Waals surface area contributed by atoms with Crippen molar-refractivity contribution in [3.63, 3.8) is 0 Å². The van der Waals surface area contributed by atoms with E-state index < -0.39 is 0 Å². The smallest absolute Gasteiger partial charge is 0.330 e. The number of hydrogen-bond donors (Lipinski definition) is 0. The summed E-state index contributed by atoms with van der Waals surface area (Å²) in [5, 5.41) is 0. The first-order chi connectivity index (χ1) is 10.7. The van der Waals surface area contributed by atoms with E-state index in [1.54, 1.807) is 16.7 Å². The molecule has 128 valence electrons. The van der Waals surface area contributed by atoms with E-state index in [0.717, 1.165) is 12.8 Å². The fraction of sp³-hybridized carbons (Fsp3) is 0.889. The van der Waals surface area contributed by atoms with Crippen LogP contribution in [0.15, 0.2) is 0 Å². The van der Waals surface area contributed by atoms with Crippen LogP contribution in [-0.2, 0) is 14.3 Å². The van der Waals surface area contributed by atoms with Gasteiger partial charge < -0.3 is 9.64 Å². The Morgan fingerprint density at radius 3 is 2.70 bits per heavy atom. The predicted octanol–water partition coefficient (Wildman–Crippen LogP) is 3.05. The van der Waals surface area contributed by atoms with E-state index >= 15 is 0 Å². The molecule has 0 aromatic rings. The second kappa shape index (κ2) is 4.90. The molecule has 4 nitrogen and oxygen atoms in total. The summed E-state index contributed by atoms with van der Waals surface area (Å²) >= 11 is 1.73. The molecule has 0 aromatic carbocycles. The van der Waals surface area contributed by atoms with Gasteiger partial charge in [0.15, 0.2) is 0 Å². The highest BCUT2D eigenvalue weighted by Crippen LogP contribution is 2.61. The molecule has 2 bridgehead atoms. The van der Waals surface area contributed by atoms with Crippen molar-refractivity contribution in [3.05, 3.63) is 0 Å². The maximum Gasteiger partial charge on any atom is 0.330 e. The van der Waals surface area contributed by atoms with Gasteiger partial charge in [0.05, 0.1) is 4.87 Å². The lowest BCUT2D eigenvalue weighted by Crippen LogP contribution is -2.58. The van der Waals surface area contributed by atoms with Gasteiger partial charge >= 0.3 is 5.97 Å². The maximum absolute atomic E-state index is 12.7. The number of carbonyl (C=O) groups is 2. The largest absolute Gasteiger partial charge is 0.461 e. The van der Waals surface area contributed by atoms with E-state index in [1.807, 2.05) is 0 Å². The molecule has 2 aliphatic heterocycles. The van der Waals surface area contributed by atoms with Crippen LogP contribution in [0.4, 0.5) is 0 Å². The Balaban J connectivity index is 1.44. The number of rotatable bonds is 2. The van der Waals surface area contributed by atoms with Crippen LogP contribution in [-0.4, -0.2) is 39.5 Å². The summed E-state index contributed by atoms with van der Waals surface area (Å²) in [6, 6.07) is -0.376. The molecule has 5 fully saturated rings. The third kappa shape index (κ3) is 2.11. The Morgan fingerprint density at radius 2 is 2.04 bits per heavy atom. The third-order valence-corrected chi connectivity index (χ3v) is 8.77. The van der Waals surface area contributed by atoms with Crippen LogP contribution in [0.5, 0.6) is 0 Å². The van der Waals surface area contributed by atoms with Crippen molar-refractivity contribution in [1.29, 1.82) is 0 Å². The van der Waals surface area contributed by atoms with Gasteiger partial charge in [-0.2, -0.15) is 0 Å². The molecule has 2 saturated heterocycles. The van der Waals surface area contributed by atoms with E-state index in [4.69, 9.17) is 4.74 Å². The molecule has 5 rings (SSSR count). The highest BCUT2D eigenvalue weighted by atomic mass is 32.2. The highest BCUT2D eigenvalue weighted by molar-refractivity contribution is 8.01. The molecule has 2 heterocycles. The Kier molecular flexibility index (Phi) is 3.37. The van der Waals surface area contributed by atoms with Crippen molar-refractivity contribution in [2.24, 2.45) is 23.2 Å². The summed E-state index contributed by atoms with van der Waals surface area (Å²) in [6.45, 7) is 9.01. The minimum Gasteiger partial charge on any atom is -0.461 e. The van der Waals surface area contributed by atoms with Crippen LogP contribution in [0.25, 0.3) is 0 Å². The molecule has 0 N–H and O–H groups in total. The molecule has 3 aliphatic carbocycles. The SMILES string of the molecule is C[C@H]1[C@@H](OC(=O)[C@@H]2CS[C@@]3(C)CCC(=O)N23)C[C@@H]2C[C@H]1C2(C)C. The van der Waals surface area contributed by atoms with Crippen molar-refractivity contribution in [1.82, 2.24) is 4.90 Å².